The Hall–Kier alpha value is -1.93. The van der Waals surface area contributed by atoms with Gasteiger partial charge in [-0.15, -0.1) is 11.3 Å². The highest BCUT2D eigenvalue weighted by molar-refractivity contribution is 7.93. The molecule has 28 heavy (non-hydrogen) atoms. The first-order chi connectivity index (χ1) is 13.1. The molecule has 6 nitrogen and oxygen atoms in total. The Kier molecular flexibility index (Phi) is 5.82. The van der Waals surface area contributed by atoms with Crippen LogP contribution in [-0.2, 0) is 37.8 Å². The Balaban J connectivity index is 1.75. The van der Waals surface area contributed by atoms with Crippen molar-refractivity contribution >= 4 is 32.5 Å². The van der Waals surface area contributed by atoms with Gasteiger partial charge >= 0.3 is 5.97 Å². The van der Waals surface area contributed by atoms with Crippen LogP contribution in [0.3, 0.4) is 0 Å². The van der Waals surface area contributed by atoms with E-state index in [4.69, 9.17) is 4.74 Å². The first-order valence-corrected chi connectivity index (χ1v) is 11.7. The van der Waals surface area contributed by atoms with E-state index in [2.05, 4.69) is 30.5 Å². The summed E-state index contributed by atoms with van der Waals surface area (Å²) in [5, 5.41) is 0.342. The van der Waals surface area contributed by atoms with Gasteiger partial charge in [0, 0.05) is 4.88 Å². The van der Waals surface area contributed by atoms with E-state index >= 15 is 0 Å². The van der Waals surface area contributed by atoms with Crippen LogP contribution in [0.1, 0.15) is 50.3 Å². The minimum Gasteiger partial charge on any atom is -0.466 e. The Labute approximate surface area is 170 Å². The number of fused-ring (bicyclic) bond motifs is 1. The van der Waals surface area contributed by atoms with E-state index in [0.717, 1.165) is 16.1 Å². The topological polar surface area (TPSA) is 85.4 Å². The number of carbonyl (C=O) groups is 1. The maximum absolute atomic E-state index is 12.7. The number of ether oxygens (including phenoxy) is 1. The summed E-state index contributed by atoms with van der Waals surface area (Å²) >= 11 is 1.29. The molecule has 0 saturated carbocycles. The van der Waals surface area contributed by atoms with E-state index in [1.165, 1.54) is 11.3 Å². The zero-order valence-corrected chi connectivity index (χ0v) is 18.2. The lowest BCUT2D eigenvalue weighted by Crippen LogP contribution is -2.24. The van der Waals surface area contributed by atoms with Crippen LogP contribution in [-0.4, -0.2) is 26.0 Å². The predicted molar refractivity (Wildman–Crippen MR) is 110 cm³/mol. The van der Waals surface area contributed by atoms with Crippen LogP contribution in [0.5, 0.6) is 0 Å². The SMILES string of the molecule is CCOC(=O)C1CCc2nc(NS(=O)(=O)c3ccc(C(C)(C)C)cc3)sc2C1. The molecule has 1 aromatic heterocycles. The largest absolute Gasteiger partial charge is 0.466 e. The molecule has 0 radical (unpaired) electrons. The molecular weight excluding hydrogens is 396 g/mol. The molecule has 0 spiro atoms. The fraction of sp³-hybridized carbons (Fsp3) is 0.500. The van der Waals surface area contributed by atoms with Crippen LogP contribution < -0.4 is 4.72 Å². The Bertz CT molecular complexity index is 957. The molecule has 1 unspecified atom stereocenters. The van der Waals surface area contributed by atoms with Gasteiger partial charge in [0.15, 0.2) is 5.13 Å². The van der Waals surface area contributed by atoms with Gasteiger partial charge in [0.1, 0.15) is 0 Å². The van der Waals surface area contributed by atoms with E-state index in [1.54, 1.807) is 19.1 Å². The van der Waals surface area contributed by atoms with Gasteiger partial charge in [0.2, 0.25) is 0 Å². The molecule has 1 aliphatic rings. The highest BCUT2D eigenvalue weighted by atomic mass is 32.2. The van der Waals surface area contributed by atoms with Crippen molar-refractivity contribution in [3.05, 3.63) is 40.4 Å². The van der Waals surface area contributed by atoms with Crippen molar-refractivity contribution in [2.45, 2.75) is 57.3 Å². The minimum atomic E-state index is -3.71. The highest BCUT2D eigenvalue weighted by Crippen LogP contribution is 2.34. The monoisotopic (exact) mass is 422 g/mol. The van der Waals surface area contributed by atoms with Gasteiger partial charge in [-0.1, -0.05) is 32.9 Å². The number of esters is 1. The van der Waals surface area contributed by atoms with Gasteiger partial charge in [-0.2, -0.15) is 0 Å². The summed E-state index contributed by atoms with van der Waals surface area (Å²) in [6.07, 6.45) is 1.88. The summed E-state index contributed by atoms with van der Waals surface area (Å²) in [4.78, 5) is 17.6. The number of nitrogens with one attached hydrogen (secondary N) is 1. The van der Waals surface area contributed by atoms with E-state index in [1.807, 2.05) is 12.1 Å². The molecule has 1 atom stereocenters. The predicted octanol–water partition coefficient (Wildman–Crippen LogP) is 3.91. The molecule has 0 fully saturated rings. The molecule has 3 rings (SSSR count). The van der Waals surface area contributed by atoms with E-state index < -0.39 is 10.0 Å². The number of benzene rings is 1. The third kappa shape index (κ3) is 4.55. The number of anilines is 1. The quantitative estimate of drug-likeness (QED) is 0.739. The fourth-order valence-electron chi connectivity index (χ4n) is 3.19. The van der Waals surface area contributed by atoms with Gasteiger partial charge < -0.3 is 4.74 Å². The van der Waals surface area contributed by atoms with Gasteiger partial charge in [-0.25, -0.2) is 13.4 Å². The normalized spacial score (nSPS) is 17.1. The molecular formula is C20H26N2O4S2. The molecule has 1 aliphatic carbocycles. The van der Waals surface area contributed by atoms with E-state index in [0.29, 0.717) is 31.0 Å². The van der Waals surface area contributed by atoms with Crippen LogP contribution in [0.2, 0.25) is 0 Å². The van der Waals surface area contributed by atoms with E-state index in [-0.39, 0.29) is 22.2 Å². The number of hydrogen-bond donors (Lipinski definition) is 1. The van der Waals surface area contributed by atoms with Crippen molar-refractivity contribution in [2.24, 2.45) is 5.92 Å². The van der Waals surface area contributed by atoms with Gasteiger partial charge in [-0.05, 0) is 49.3 Å². The molecule has 0 bridgehead atoms. The number of carbonyl (C=O) groups excluding carboxylic acids is 1. The molecule has 2 aromatic rings. The molecule has 8 heteroatoms. The summed E-state index contributed by atoms with van der Waals surface area (Å²) in [5.41, 5.74) is 1.90. The van der Waals surface area contributed by atoms with E-state index in [9.17, 15) is 13.2 Å². The van der Waals surface area contributed by atoms with Crippen molar-refractivity contribution in [3.8, 4) is 0 Å². The van der Waals surface area contributed by atoms with Crippen LogP contribution in [0.15, 0.2) is 29.2 Å². The number of hydrogen-bond acceptors (Lipinski definition) is 6. The maximum atomic E-state index is 12.7. The second-order valence-corrected chi connectivity index (χ2v) is 10.7. The van der Waals surface area contributed by atoms with Crippen LogP contribution in [0.25, 0.3) is 0 Å². The summed E-state index contributed by atoms with van der Waals surface area (Å²) in [5.74, 6) is -0.370. The minimum absolute atomic E-state index is 0.0421. The fourth-order valence-corrected chi connectivity index (χ4v) is 5.51. The first-order valence-electron chi connectivity index (χ1n) is 9.38. The van der Waals surface area contributed by atoms with Crippen molar-refractivity contribution in [1.82, 2.24) is 4.98 Å². The zero-order valence-electron chi connectivity index (χ0n) is 16.6. The van der Waals surface area contributed by atoms with Gasteiger partial charge in [0.05, 0.1) is 23.1 Å². The van der Waals surface area contributed by atoms with Crippen molar-refractivity contribution in [3.63, 3.8) is 0 Å². The Morgan fingerprint density at radius 2 is 1.96 bits per heavy atom. The Morgan fingerprint density at radius 1 is 1.29 bits per heavy atom. The van der Waals surface area contributed by atoms with Gasteiger partial charge in [-0.3, -0.25) is 9.52 Å². The molecule has 0 aliphatic heterocycles. The lowest BCUT2D eigenvalue weighted by atomic mass is 9.87. The number of thiazole rings is 1. The Morgan fingerprint density at radius 3 is 2.57 bits per heavy atom. The average molecular weight is 423 g/mol. The van der Waals surface area contributed by atoms with Crippen molar-refractivity contribution < 1.29 is 17.9 Å². The lowest BCUT2D eigenvalue weighted by Gasteiger charge is -2.19. The van der Waals surface area contributed by atoms with Crippen LogP contribution >= 0.6 is 11.3 Å². The number of aromatic nitrogens is 1. The molecule has 152 valence electrons. The number of rotatable bonds is 5. The summed E-state index contributed by atoms with van der Waals surface area (Å²) in [6, 6.07) is 6.91. The second-order valence-electron chi connectivity index (χ2n) is 7.96. The first kappa shape index (κ1) is 20.8. The molecule has 0 saturated heterocycles. The zero-order chi connectivity index (χ0) is 20.5. The lowest BCUT2D eigenvalue weighted by molar-refractivity contribution is -0.148. The molecule has 1 aromatic carbocycles. The number of aryl methyl sites for hydroxylation is 1. The highest BCUT2D eigenvalue weighted by Gasteiger charge is 2.29. The number of nitrogens with zero attached hydrogens (tertiary/aromatic N) is 1. The smallest absolute Gasteiger partial charge is 0.309 e. The summed E-state index contributed by atoms with van der Waals surface area (Å²) in [6.45, 7) is 8.40. The standard InChI is InChI=1S/C20H26N2O4S2/c1-5-26-18(23)13-6-11-16-17(12-13)27-19(21-16)22-28(24,25)15-9-7-14(8-10-15)20(2,3)4/h7-10,13H,5-6,11-12H2,1-4H3,(H,21,22). The number of sulfonamides is 1. The molecule has 1 heterocycles. The third-order valence-electron chi connectivity index (χ3n) is 4.81. The summed E-state index contributed by atoms with van der Waals surface area (Å²) in [7, 11) is -3.71. The van der Waals surface area contributed by atoms with Crippen molar-refractivity contribution in [1.29, 1.82) is 0 Å². The summed E-state index contributed by atoms with van der Waals surface area (Å²) < 4.78 is 33.1. The average Bonchev–Trinajstić information content (AvgIpc) is 3.01. The molecule has 1 N–H and O–H groups in total. The van der Waals surface area contributed by atoms with Crippen LogP contribution in [0, 0.1) is 5.92 Å². The van der Waals surface area contributed by atoms with Crippen molar-refractivity contribution in [2.75, 3.05) is 11.3 Å². The van der Waals surface area contributed by atoms with Crippen LogP contribution in [0.4, 0.5) is 5.13 Å². The second kappa shape index (κ2) is 7.83. The maximum Gasteiger partial charge on any atom is 0.309 e. The van der Waals surface area contributed by atoms with Gasteiger partial charge in [0.25, 0.3) is 10.0 Å². The third-order valence-corrected chi connectivity index (χ3v) is 7.33. The molecule has 0 amide bonds.